The Morgan fingerprint density at radius 3 is 1.77 bits per heavy atom. The van der Waals surface area contributed by atoms with Crippen LogP contribution in [0.5, 0.6) is 0 Å². The van der Waals surface area contributed by atoms with Gasteiger partial charge in [-0.25, -0.2) is 0 Å². The van der Waals surface area contributed by atoms with Crippen molar-refractivity contribution >= 4 is 17.8 Å². The van der Waals surface area contributed by atoms with Crippen LogP contribution in [0.25, 0.3) is 0 Å². The van der Waals surface area contributed by atoms with Crippen molar-refractivity contribution in [2.75, 3.05) is 0 Å². The fourth-order valence-corrected chi connectivity index (χ4v) is 5.42. The number of hydrogen-bond acceptors (Lipinski definition) is 1. The van der Waals surface area contributed by atoms with Gasteiger partial charge in [0.15, 0.2) is 0 Å². The lowest BCUT2D eigenvalue weighted by molar-refractivity contribution is 0.586. The first-order valence-electron chi connectivity index (χ1n) is 7.44. The highest BCUT2D eigenvalue weighted by atomic mass is 31.2. The van der Waals surface area contributed by atoms with Gasteiger partial charge in [0.25, 0.3) is 0 Å². The first-order valence-corrected chi connectivity index (χ1v) is 9.33. The topological polar surface area (TPSA) is 17.1 Å². The summed E-state index contributed by atoms with van der Waals surface area (Å²) < 4.78 is 13.9. The molecule has 0 amide bonds. The Morgan fingerprint density at radius 1 is 0.727 bits per heavy atom. The van der Waals surface area contributed by atoms with E-state index in [1.165, 1.54) is 5.56 Å². The van der Waals surface area contributed by atoms with Crippen LogP contribution in [0.1, 0.15) is 11.1 Å². The summed E-state index contributed by atoms with van der Waals surface area (Å²) in [7, 11) is -2.67. The zero-order valence-corrected chi connectivity index (χ0v) is 13.5. The van der Waals surface area contributed by atoms with E-state index in [1.54, 1.807) is 0 Å². The Bertz CT molecular complexity index is 751. The molecular weight excluding hydrogens is 287 g/mol. The molecule has 0 aromatic heterocycles. The van der Waals surface area contributed by atoms with Gasteiger partial charge in [0, 0.05) is 16.8 Å². The van der Waals surface area contributed by atoms with Gasteiger partial charge in [-0.05, 0) is 12.5 Å². The van der Waals surface area contributed by atoms with Crippen LogP contribution in [-0.4, -0.2) is 0 Å². The lowest BCUT2D eigenvalue weighted by Gasteiger charge is -2.19. The molecule has 22 heavy (non-hydrogen) atoms. The Kier molecular flexibility index (Phi) is 4.27. The van der Waals surface area contributed by atoms with Crippen LogP contribution in [0.3, 0.4) is 0 Å². The van der Waals surface area contributed by atoms with E-state index < -0.39 is 7.14 Å². The minimum atomic E-state index is -2.67. The van der Waals surface area contributed by atoms with Crippen LogP contribution in [0.4, 0.5) is 0 Å². The van der Waals surface area contributed by atoms with Gasteiger partial charge in [0.2, 0.25) is 0 Å². The van der Waals surface area contributed by atoms with E-state index in [4.69, 9.17) is 0 Å². The maximum absolute atomic E-state index is 13.9. The van der Waals surface area contributed by atoms with Gasteiger partial charge in [0.1, 0.15) is 7.14 Å². The molecule has 3 aromatic carbocycles. The molecule has 110 valence electrons. The third-order valence-corrected chi connectivity index (χ3v) is 6.91. The molecule has 0 radical (unpaired) electrons. The molecule has 0 saturated carbocycles. The minimum Gasteiger partial charge on any atom is -0.313 e. The van der Waals surface area contributed by atoms with E-state index in [2.05, 4.69) is 25.1 Å². The maximum atomic E-state index is 13.9. The minimum absolute atomic E-state index is 0.558. The average molecular weight is 306 g/mol. The maximum Gasteiger partial charge on any atom is 0.147 e. The molecular formula is C20H19OP. The quantitative estimate of drug-likeness (QED) is 0.648. The molecule has 0 aliphatic heterocycles. The summed E-state index contributed by atoms with van der Waals surface area (Å²) >= 11 is 0. The first-order chi connectivity index (χ1) is 10.7. The molecule has 0 aliphatic rings. The molecule has 0 heterocycles. The van der Waals surface area contributed by atoms with Gasteiger partial charge in [-0.15, -0.1) is 0 Å². The SMILES string of the molecule is Cc1cccc(CP(=O)(c2ccccc2)c2ccccc2)c1. The molecule has 2 heteroatoms. The highest BCUT2D eigenvalue weighted by Gasteiger charge is 2.27. The number of rotatable bonds is 4. The van der Waals surface area contributed by atoms with Crippen molar-refractivity contribution in [3.63, 3.8) is 0 Å². The highest BCUT2D eigenvalue weighted by Crippen LogP contribution is 2.46. The standard InChI is InChI=1S/C20H19OP/c1-17-9-8-10-18(15-17)16-22(21,19-11-4-2-5-12-19)20-13-6-3-7-14-20/h2-15H,16H2,1H3. The molecule has 1 nitrogen and oxygen atoms in total. The predicted molar refractivity (Wildman–Crippen MR) is 94.6 cm³/mol. The second-order valence-corrected chi connectivity index (χ2v) is 8.39. The molecule has 0 saturated heterocycles. The zero-order chi connectivity index (χ0) is 15.4. The monoisotopic (exact) mass is 306 g/mol. The van der Waals surface area contributed by atoms with Crippen LogP contribution in [0, 0.1) is 6.92 Å². The Hall–Kier alpha value is -2.11. The highest BCUT2D eigenvalue weighted by molar-refractivity contribution is 7.78. The summed E-state index contributed by atoms with van der Waals surface area (Å²) in [4.78, 5) is 0. The fourth-order valence-electron chi connectivity index (χ4n) is 2.74. The van der Waals surface area contributed by atoms with E-state index in [9.17, 15) is 4.57 Å². The van der Waals surface area contributed by atoms with E-state index in [0.717, 1.165) is 16.2 Å². The summed E-state index contributed by atoms with van der Waals surface area (Å²) in [5, 5.41) is 1.84. The summed E-state index contributed by atoms with van der Waals surface area (Å²) in [6.45, 7) is 2.07. The third kappa shape index (κ3) is 3.05. The molecule has 0 bridgehead atoms. The Morgan fingerprint density at radius 2 is 1.27 bits per heavy atom. The van der Waals surface area contributed by atoms with Crippen molar-refractivity contribution < 1.29 is 4.57 Å². The van der Waals surface area contributed by atoms with Crippen LogP contribution in [0.2, 0.25) is 0 Å². The first kappa shape index (κ1) is 14.8. The lowest BCUT2D eigenvalue weighted by atomic mass is 10.2. The van der Waals surface area contributed by atoms with Gasteiger partial charge in [0.05, 0.1) is 0 Å². The van der Waals surface area contributed by atoms with Crippen molar-refractivity contribution in [2.45, 2.75) is 13.1 Å². The van der Waals surface area contributed by atoms with Gasteiger partial charge in [-0.1, -0.05) is 90.5 Å². The second-order valence-electron chi connectivity index (χ2n) is 5.56. The van der Waals surface area contributed by atoms with Gasteiger partial charge in [-0.2, -0.15) is 0 Å². The van der Waals surface area contributed by atoms with Crippen LogP contribution < -0.4 is 10.6 Å². The summed E-state index contributed by atoms with van der Waals surface area (Å²) in [5.74, 6) is 0. The summed E-state index contributed by atoms with van der Waals surface area (Å²) in [6, 6.07) is 28.0. The van der Waals surface area contributed by atoms with Crippen molar-refractivity contribution in [2.24, 2.45) is 0 Å². The van der Waals surface area contributed by atoms with Crippen molar-refractivity contribution in [1.82, 2.24) is 0 Å². The van der Waals surface area contributed by atoms with E-state index in [1.807, 2.05) is 66.7 Å². The molecule has 0 aliphatic carbocycles. The van der Waals surface area contributed by atoms with Gasteiger partial charge < -0.3 is 4.57 Å². The van der Waals surface area contributed by atoms with Crippen LogP contribution in [-0.2, 0) is 10.7 Å². The molecule has 0 spiro atoms. The number of aryl methyl sites for hydroxylation is 1. The summed E-state index contributed by atoms with van der Waals surface area (Å²) in [6.07, 6.45) is 0.558. The van der Waals surface area contributed by atoms with Gasteiger partial charge >= 0.3 is 0 Å². The number of benzene rings is 3. The average Bonchev–Trinajstić information content (AvgIpc) is 2.56. The zero-order valence-electron chi connectivity index (χ0n) is 12.6. The second kappa shape index (κ2) is 6.34. The van der Waals surface area contributed by atoms with Crippen molar-refractivity contribution in [3.8, 4) is 0 Å². The predicted octanol–water partition coefficient (Wildman–Crippen LogP) is 4.51. The van der Waals surface area contributed by atoms with Crippen molar-refractivity contribution in [3.05, 3.63) is 96.1 Å². The molecule has 0 fully saturated rings. The lowest BCUT2D eigenvalue weighted by Crippen LogP contribution is -2.17. The number of hydrogen-bond donors (Lipinski definition) is 0. The molecule has 0 N–H and O–H groups in total. The molecule has 0 atom stereocenters. The van der Waals surface area contributed by atoms with Crippen LogP contribution in [0.15, 0.2) is 84.9 Å². The third-order valence-electron chi connectivity index (χ3n) is 3.83. The Labute approximate surface area is 132 Å². The largest absolute Gasteiger partial charge is 0.313 e. The van der Waals surface area contributed by atoms with E-state index >= 15 is 0 Å². The normalized spacial score (nSPS) is 11.3. The van der Waals surface area contributed by atoms with E-state index in [-0.39, 0.29) is 0 Å². The summed E-state index contributed by atoms with van der Waals surface area (Å²) in [5.41, 5.74) is 2.32. The smallest absolute Gasteiger partial charge is 0.147 e. The van der Waals surface area contributed by atoms with Crippen LogP contribution >= 0.6 is 7.14 Å². The molecule has 3 rings (SSSR count). The molecule has 0 unspecified atom stereocenters. The van der Waals surface area contributed by atoms with Gasteiger partial charge in [-0.3, -0.25) is 0 Å². The van der Waals surface area contributed by atoms with E-state index in [0.29, 0.717) is 6.16 Å². The van der Waals surface area contributed by atoms with Crippen molar-refractivity contribution in [1.29, 1.82) is 0 Å². The Balaban J connectivity index is 2.10. The fraction of sp³-hybridized carbons (Fsp3) is 0.100. The molecule has 3 aromatic rings.